The maximum atomic E-state index is 13.1. The molecule has 29 heavy (non-hydrogen) atoms. The van der Waals surface area contributed by atoms with Crippen molar-refractivity contribution in [2.45, 2.75) is 11.8 Å². The van der Waals surface area contributed by atoms with E-state index in [4.69, 9.17) is 0 Å². The number of aromatic nitrogens is 3. The minimum Gasteiger partial charge on any atom is -0.267 e. The fourth-order valence-corrected chi connectivity index (χ4v) is 3.04. The predicted octanol–water partition coefficient (Wildman–Crippen LogP) is 1.19. The Morgan fingerprint density at radius 3 is 2.14 bits per heavy atom. The molecule has 150 valence electrons. The molecule has 0 aliphatic rings. The van der Waals surface area contributed by atoms with Gasteiger partial charge in [0.2, 0.25) is 5.82 Å². The number of carbonyl (C=O) groups excluding carboxylic acids is 2. The maximum Gasteiger partial charge on any atom is 0.309 e. The lowest BCUT2D eigenvalue weighted by Crippen LogP contribution is -2.42. The van der Waals surface area contributed by atoms with Crippen LogP contribution in [0.25, 0.3) is 5.69 Å². The summed E-state index contributed by atoms with van der Waals surface area (Å²) in [5, 5.41) is 4.05. The summed E-state index contributed by atoms with van der Waals surface area (Å²) in [6, 6.07) is 10.7. The third-order valence-electron chi connectivity index (χ3n) is 3.88. The number of nitrogens with one attached hydrogen (secondary N) is 2. The van der Waals surface area contributed by atoms with Gasteiger partial charge in [-0.15, -0.1) is 5.10 Å². The van der Waals surface area contributed by atoms with Crippen molar-refractivity contribution in [1.29, 1.82) is 0 Å². The summed E-state index contributed by atoms with van der Waals surface area (Å²) in [6.07, 6.45) is 1.06. The Hall–Kier alpha value is -3.60. The molecule has 11 heteroatoms. The Morgan fingerprint density at radius 2 is 1.55 bits per heavy atom. The fourth-order valence-electron chi connectivity index (χ4n) is 2.41. The topological polar surface area (TPSA) is 123 Å². The van der Waals surface area contributed by atoms with Crippen LogP contribution in [-0.4, -0.2) is 41.3 Å². The number of nitrogens with zero attached hydrogens (tertiary/aromatic N) is 3. The molecular weight excluding hydrogens is 401 g/mol. The van der Waals surface area contributed by atoms with Gasteiger partial charge in [0.25, 0.3) is 5.91 Å². The molecule has 0 aliphatic carbocycles. The molecule has 0 bridgehead atoms. The molecule has 2 amide bonds. The highest BCUT2D eigenvalue weighted by atomic mass is 32.2. The average molecular weight is 417 g/mol. The van der Waals surface area contributed by atoms with Crippen LogP contribution >= 0.6 is 0 Å². The number of benzene rings is 2. The van der Waals surface area contributed by atoms with E-state index >= 15 is 0 Å². The van der Waals surface area contributed by atoms with Crippen LogP contribution in [0.1, 0.15) is 26.8 Å². The molecule has 1 heterocycles. The van der Waals surface area contributed by atoms with E-state index in [1.807, 2.05) is 0 Å². The first-order chi connectivity index (χ1) is 13.6. The van der Waals surface area contributed by atoms with Crippen LogP contribution in [-0.2, 0) is 9.84 Å². The molecule has 0 radical (unpaired) electrons. The van der Waals surface area contributed by atoms with Gasteiger partial charge in [-0.3, -0.25) is 20.4 Å². The van der Waals surface area contributed by atoms with Crippen LogP contribution in [0.4, 0.5) is 4.39 Å². The van der Waals surface area contributed by atoms with Gasteiger partial charge in [0.05, 0.1) is 10.6 Å². The van der Waals surface area contributed by atoms with Crippen LogP contribution in [0, 0.1) is 12.7 Å². The Kier molecular flexibility index (Phi) is 5.41. The number of rotatable bonds is 4. The largest absolute Gasteiger partial charge is 0.309 e. The average Bonchev–Trinajstić information content (AvgIpc) is 3.07. The summed E-state index contributed by atoms with van der Waals surface area (Å²) < 4.78 is 37.3. The van der Waals surface area contributed by atoms with Gasteiger partial charge in [0.1, 0.15) is 11.6 Å². The molecule has 3 aromatic rings. The van der Waals surface area contributed by atoms with E-state index in [1.165, 1.54) is 53.2 Å². The predicted molar refractivity (Wildman–Crippen MR) is 101 cm³/mol. The van der Waals surface area contributed by atoms with Crippen molar-refractivity contribution in [3.63, 3.8) is 0 Å². The summed E-state index contributed by atoms with van der Waals surface area (Å²) in [5.74, 6) is -1.61. The Morgan fingerprint density at radius 1 is 0.966 bits per heavy atom. The van der Waals surface area contributed by atoms with Gasteiger partial charge in [0, 0.05) is 11.8 Å². The number of amides is 2. The quantitative estimate of drug-likeness (QED) is 0.615. The molecule has 2 N–H and O–H groups in total. The zero-order chi connectivity index (χ0) is 21.2. The molecule has 0 unspecified atom stereocenters. The molecule has 3 rings (SSSR count). The molecule has 0 saturated carbocycles. The van der Waals surface area contributed by atoms with Crippen molar-refractivity contribution < 1.29 is 22.4 Å². The van der Waals surface area contributed by atoms with E-state index in [2.05, 4.69) is 20.9 Å². The van der Waals surface area contributed by atoms with E-state index in [0.29, 0.717) is 11.5 Å². The minimum absolute atomic E-state index is 0.0732. The Bertz CT molecular complexity index is 1170. The highest BCUT2D eigenvalue weighted by Crippen LogP contribution is 2.11. The first kappa shape index (κ1) is 20.1. The third kappa shape index (κ3) is 4.63. The number of hydrogen-bond donors (Lipinski definition) is 2. The molecule has 1 aromatic heterocycles. The van der Waals surface area contributed by atoms with E-state index in [-0.39, 0.29) is 16.3 Å². The normalized spacial score (nSPS) is 11.1. The van der Waals surface area contributed by atoms with E-state index in [0.717, 1.165) is 6.26 Å². The van der Waals surface area contributed by atoms with Crippen molar-refractivity contribution in [3.8, 4) is 5.69 Å². The number of aryl methyl sites for hydroxylation is 1. The maximum absolute atomic E-state index is 13.1. The fraction of sp³-hybridized carbons (Fsp3) is 0.111. The number of carbonyl (C=O) groups is 2. The lowest BCUT2D eigenvalue weighted by molar-refractivity contribution is 0.0841. The minimum atomic E-state index is -3.38. The van der Waals surface area contributed by atoms with Gasteiger partial charge in [-0.05, 0) is 55.5 Å². The van der Waals surface area contributed by atoms with Gasteiger partial charge >= 0.3 is 5.91 Å². The number of sulfone groups is 1. The van der Waals surface area contributed by atoms with Gasteiger partial charge in [-0.25, -0.2) is 22.5 Å². The van der Waals surface area contributed by atoms with Crippen LogP contribution < -0.4 is 10.9 Å². The number of hydrogen-bond acceptors (Lipinski definition) is 6. The SMILES string of the molecule is Cc1nc(C(=O)NNC(=O)c2ccc(S(C)(=O)=O)cc2)nn1-c1ccc(F)cc1. The van der Waals surface area contributed by atoms with E-state index < -0.39 is 27.5 Å². The molecular formula is C18H16FN5O4S. The molecule has 0 spiro atoms. The number of halogens is 1. The van der Waals surface area contributed by atoms with E-state index in [9.17, 15) is 22.4 Å². The summed E-state index contributed by atoms with van der Waals surface area (Å²) >= 11 is 0. The van der Waals surface area contributed by atoms with Crippen molar-refractivity contribution in [2.24, 2.45) is 0 Å². The zero-order valence-corrected chi connectivity index (χ0v) is 16.2. The van der Waals surface area contributed by atoms with E-state index in [1.54, 1.807) is 6.92 Å². The van der Waals surface area contributed by atoms with Crippen LogP contribution in [0.3, 0.4) is 0 Å². The molecule has 9 nitrogen and oxygen atoms in total. The standard InChI is InChI=1S/C18H16FN5O4S/c1-11-20-16(23-24(11)14-7-5-13(19)6-8-14)18(26)22-21-17(25)12-3-9-15(10-4-12)29(2,27)28/h3-10H,1-2H3,(H,21,25)(H,22,26). The van der Waals surface area contributed by atoms with Crippen LogP contribution in [0.5, 0.6) is 0 Å². The van der Waals surface area contributed by atoms with Crippen molar-refractivity contribution in [3.05, 3.63) is 71.6 Å². The first-order valence-corrected chi connectivity index (χ1v) is 10.1. The second-order valence-corrected chi connectivity index (χ2v) is 8.09. The second-order valence-electron chi connectivity index (χ2n) is 6.08. The van der Waals surface area contributed by atoms with Gasteiger partial charge in [-0.2, -0.15) is 0 Å². The number of hydrazine groups is 1. The summed E-state index contributed by atoms with van der Waals surface area (Å²) in [4.78, 5) is 28.4. The zero-order valence-electron chi connectivity index (χ0n) is 15.4. The molecule has 2 aromatic carbocycles. The second kappa shape index (κ2) is 7.80. The van der Waals surface area contributed by atoms with Crippen molar-refractivity contribution in [1.82, 2.24) is 25.6 Å². The van der Waals surface area contributed by atoms with Crippen molar-refractivity contribution in [2.75, 3.05) is 6.26 Å². The summed E-state index contributed by atoms with van der Waals surface area (Å²) in [7, 11) is -3.38. The highest BCUT2D eigenvalue weighted by molar-refractivity contribution is 7.90. The van der Waals surface area contributed by atoms with Gasteiger partial charge in [-0.1, -0.05) is 0 Å². The first-order valence-electron chi connectivity index (χ1n) is 8.25. The van der Waals surface area contributed by atoms with Crippen LogP contribution in [0.2, 0.25) is 0 Å². The van der Waals surface area contributed by atoms with Crippen LogP contribution in [0.15, 0.2) is 53.4 Å². The lowest BCUT2D eigenvalue weighted by atomic mass is 10.2. The lowest BCUT2D eigenvalue weighted by Gasteiger charge is -2.06. The molecule has 0 saturated heterocycles. The van der Waals surface area contributed by atoms with Crippen molar-refractivity contribution >= 4 is 21.7 Å². The highest BCUT2D eigenvalue weighted by Gasteiger charge is 2.17. The molecule has 0 aliphatic heterocycles. The summed E-state index contributed by atoms with van der Waals surface area (Å²) in [5.41, 5.74) is 5.06. The molecule has 0 atom stereocenters. The Balaban J connectivity index is 1.67. The molecule has 0 fully saturated rings. The smallest absolute Gasteiger partial charge is 0.267 e. The van der Waals surface area contributed by atoms with Gasteiger partial charge in [0.15, 0.2) is 9.84 Å². The third-order valence-corrected chi connectivity index (χ3v) is 5.01. The monoisotopic (exact) mass is 417 g/mol. The summed E-state index contributed by atoms with van der Waals surface area (Å²) in [6.45, 7) is 1.62. The Labute approximate surface area is 165 Å². The van der Waals surface area contributed by atoms with Gasteiger partial charge < -0.3 is 0 Å².